The molecule has 1 rings (SSSR count). The molecule has 0 aromatic heterocycles. The Morgan fingerprint density at radius 2 is 2.21 bits per heavy atom. The molecular weight excluding hydrogens is 204 g/mol. The number of hydrogen-bond donors (Lipinski definition) is 0. The highest BCUT2D eigenvalue weighted by atomic mass is 35.5. The van der Waals surface area contributed by atoms with Gasteiger partial charge in [-0.15, -0.1) is 11.6 Å². The maximum absolute atomic E-state index is 11.8. The summed E-state index contributed by atoms with van der Waals surface area (Å²) in [5, 5.41) is -0.176. The van der Waals surface area contributed by atoms with E-state index in [1.54, 1.807) is 7.11 Å². The molecule has 0 amide bonds. The van der Waals surface area contributed by atoms with Crippen molar-refractivity contribution in [3.8, 4) is 0 Å². The third-order valence-corrected chi connectivity index (χ3v) is 3.86. The van der Waals surface area contributed by atoms with Gasteiger partial charge in [0.25, 0.3) is 0 Å². The van der Waals surface area contributed by atoms with Crippen LogP contribution in [0.3, 0.4) is 0 Å². The minimum Gasteiger partial charge on any atom is -0.468 e. The summed E-state index contributed by atoms with van der Waals surface area (Å²) in [7, 11) is 2.99. The molecule has 3 atom stereocenters. The Hall–Kier alpha value is -0.280. The molecule has 14 heavy (non-hydrogen) atoms. The molecule has 0 N–H and O–H groups in total. The maximum Gasteiger partial charge on any atom is 0.315 e. The molecule has 0 aliphatic heterocycles. The average molecular weight is 221 g/mol. The normalized spacial score (nSPS) is 34.1. The van der Waals surface area contributed by atoms with E-state index in [1.165, 1.54) is 7.11 Å². The standard InChI is InChI=1S/C10H17ClO3/c1-7(13-2)10(9(12)14-3)6-4-5-8(10)11/h7-8H,4-6H2,1-3H3. The highest BCUT2D eigenvalue weighted by Gasteiger charge is 2.53. The van der Waals surface area contributed by atoms with Crippen LogP contribution in [-0.2, 0) is 14.3 Å². The number of methoxy groups -OCH3 is 2. The summed E-state index contributed by atoms with van der Waals surface area (Å²) >= 11 is 6.20. The second-order valence-corrected chi connectivity index (χ2v) is 4.30. The highest BCUT2D eigenvalue weighted by Crippen LogP contribution is 2.46. The summed E-state index contributed by atoms with van der Waals surface area (Å²) < 4.78 is 10.1. The number of ether oxygens (including phenoxy) is 2. The Morgan fingerprint density at radius 1 is 1.57 bits per heavy atom. The smallest absolute Gasteiger partial charge is 0.315 e. The van der Waals surface area contributed by atoms with Crippen LogP contribution in [0.1, 0.15) is 26.2 Å². The molecule has 0 aromatic carbocycles. The first-order chi connectivity index (χ1) is 6.59. The minimum absolute atomic E-state index is 0.176. The zero-order valence-electron chi connectivity index (χ0n) is 8.88. The number of carbonyl (C=O) groups excluding carboxylic acids is 1. The van der Waals surface area contributed by atoms with Crippen molar-refractivity contribution >= 4 is 17.6 Å². The molecule has 82 valence electrons. The van der Waals surface area contributed by atoms with Crippen molar-refractivity contribution in [1.29, 1.82) is 0 Å². The summed E-state index contributed by atoms with van der Waals surface area (Å²) in [6, 6.07) is 0. The topological polar surface area (TPSA) is 35.5 Å². The Labute approximate surface area is 89.7 Å². The monoisotopic (exact) mass is 220 g/mol. The molecule has 0 aromatic rings. The summed E-state index contributed by atoms with van der Waals surface area (Å²) in [5.41, 5.74) is -0.648. The molecule has 0 bridgehead atoms. The number of alkyl halides is 1. The molecule has 1 fully saturated rings. The molecular formula is C10H17ClO3. The quantitative estimate of drug-likeness (QED) is 0.539. The van der Waals surface area contributed by atoms with E-state index in [4.69, 9.17) is 21.1 Å². The van der Waals surface area contributed by atoms with E-state index < -0.39 is 5.41 Å². The third-order valence-electron chi connectivity index (χ3n) is 3.25. The van der Waals surface area contributed by atoms with Crippen molar-refractivity contribution in [3.05, 3.63) is 0 Å². The van der Waals surface area contributed by atoms with Crippen molar-refractivity contribution in [1.82, 2.24) is 0 Å². The molecule has 3 unspecified atom stereocenters. The first-order valence-corrected chi connectivity index (χ1v) is 5.28. The molecule has 1 aliphatic carbocycles. The SMILES string of the molecule is COC(=O)C1(C(C)OC)CCCC1Cl. The predicted molar refractivity (Wildman–Crippen MR) is 54.4 cm³/mol. The Bertz CT molecular complexity index is 219. The van der Waals surface area contributed by atoms with Gasteiger partial charge in [-0.1, -0.05) is 6.42 Å². The van der Waals surface area contributed by atoms with Crippen LogP contribution in [0.5, 0.6) is 0 Å². The highest BCUT2D eigenvalue weighted by molar-refractivity contribution is 6.23. The molecule has 4 heteroatoms. The minimum atomic E-state index is -0.648. The second-order valence-electron chi connectivity index (χ2n) is 3.77. The van der Waals surface area contributed by atoms with Gasteiger partial charge >= 0.3 is 5.97 Å². The van der Waals surface area contributed by atoms with Crippen LogP contribution in [0.2, 0.25) is 0 Å². The second kappa shape index (κ2) is 4.49. The van der Waals surface area contributed by atoms with Crippen molar-refractivity contribution < 1.29 is 14.3 Å². The Morgan fingerprint density at radius 3 is 2.57 bits per heavy atom. The van der Waals surface area contributed by atoms with Crippen LogP contribution in [0.4, 0.5) is 0 Å². The predicted octanol–water partition coefficient (Wildman–Crippen LogP) is 1.97. The zero-order valence-corrected chi connectivity index (χ0v) is 9.63. The lowest BCUT2D eigenvalue weighted by molar-refractivity contribution is -0.160. The van der Waals surface area contributed by atoms with Gasteiger partial charge in [0.15, 0.2) is 0 Å². The van der Waals surface area contributed by atoms with E-state index in [2.05, 4.69) is 0 Å². The van der Waals surface area contributed by atoms with Gasteiger partial charge in [-0.3, -0.25) is 4.79 Å². The number of hydrogen-bond acceptors (Lipinski definition) is 3. The van der Waals surface area contributed by atoms with Gasteiger partial charge in [-0.05, 0) is 19.8 Å². The van der Waals surface area contributed by atoms with Gasteiger partial charge in [0.1, 0.15) is 5.41 Å². The van der Waals surface area contributed by atoms with Gasteiger partial charge < -0.3 is 9.47 Å². The van der Waals surface area contributed by atoms with E-state index >= 15 is 0 Å². The van der Waals surface area contributed by atoms with Gasteiger partial charge in [-0.2, -0.15) is 0 Å². The van der Waals surface area contributed by atoms with Crippen molar-refractivity contribution in [2.45, 2.75) is 37.7 Å². The van der Waals surface area contributed by atoms with Crippen molar-refractivity contribution in [2.75, 3.05) is 14.2 Å². The molecule has 0 saturated heterocycles. The van der Waals surface area contributed by atoms with Gasteiger partial charge in [0.05, 0.1) is 18.6 Å². The molecule has 1 aliphatic rings. The lowest BCUT2D eigenvalue weighted by Crippen LogP contribution is -2.46. The lowest BCUT2D eigenvalue weighted by atomic mass is 9.80. The largest absolute Gasteiger partial charge is 0.468 e. The summed E-state index contributed by atoms with van der Waals surface area (Å²) in [5.74, 6) is -0.246. The maximum atomic E-state index is 11.8. The van der Waals surface area contributed by atoms with Crippen LogP contribution in [0.15, 0.2) is 0 Å². The molecule has 0 radical (unpaired) electrons. The third kappa shape index (κ3) is 1.63. The van der Waals surface area contributed by atoms with Crippen LogP contribution < -0.4 is 0 Å². The number of halogens is 1. The first-order valence-electron chi connectivity index (χ1n) is 4.85. The van der Waals surface area contributed by atoms with Crippen LogP contribution in [-0.4, -0.2) is 31.7 Å². The van der Waals surface area contributed by atoms with E-state index in [-0.39, 0.29) is 17.5 Å². The van der Waals surface area contributed by atoms with E-state index in [0.29, 0.717) is 0 Å². The van der Waals surface area contributed by atoms with E-state index in [1.807, 2.05) is 6.92 Å². The Kier molecular flexibility index (Phi) is 3.78. The van der Waals surface area contributed by atoms with Gasteiger partial charge in [0.2, 0.25) is 0 Å². The van der Waals surface area contributed by atoms with Gasteiger partial charge in [0, 0.05) is 7.11 Å². The van der Waals surface area contributed by atoms with Crippen LogP contribution >= 0.6 is 11.6 Å². The molecule has 3 nitrogen and oxygen atoms in total. The zero-order chi connectivity index (χ0) is 10.8. The summed E-state index contributed by atoms with van der Waals surface area (Å²) in [6.07, 6.45) is 2.37. The fourth-order valence-corrected chi connectivity index (χ4v) is 2.77. The van der Waals surface area contributed by atoms with E-state index in [0.717, 1.165) is 19.3 Å². The molecule has 0 spiro atoms. The number of carbonyl (C=O) groups is 1. The molecule has 0 heterocycles. The van der Waals surface area contributed by atoms with Crippen LogP contribution in [0.25, 0.3) is 0 Å². The fourth-order valence-electron chi connectivity index (χ4n) is 2.24. The van der Waals surface area contributed by atoms with Crippen molar-refractivity contribution in [3.63, 3.8) is 0 Å². The number of esters is 1. The number of rotatable bonds is 3. The van der Waals surface area contributed by atoms with Crippen molar-refractivity contribution in [2.24, 2.45) is 5.41 Å². The lowest BCUT2D eigenvalue weighted by Gasteiger charge is -2.34. The molecule has 1 saturated carbocycles. The average Bonchev–Trinajstić information content (AvgIpc) is 2.59. The van der Waals surface area contributed by atoms with Gasteiger partial charge in [-0.25, -0.2) is 0 Å². The Balaban J connectivity index is 2.95. The summed E-state index contributed by atoms with van der Waals surface area (Å²) in [6.45, 7) is 1.87. The van der Waals surface area contributed by atoms with Crippen LogP contribution in [0, 0.1) is 5.41 Å². The summed E-state index contributed by atoms with van der Waals surface area (Å²) in [4.78, 5) is 11.8. The first kappa shape index (κ1) is 11.8. The van der Waals surface area contributed by atoms with E-state index in [9.17, 15) is 4.79 Å². The fraction of sp³-hybridized carbons (Fsp3) is 0.900.